The molecule has 0 bridgehead atoms. The third-order valence-corrected chi connectivity index (χ3v) is 8.52. The number of thioether (sulfide) groups is 2. The topological polar surface area (TPSA) is 21.6 Å². The number of hydrogen-bond acceptors (Lipinski definition) is 6. The summed E-state index contributed by atoms with van der Waals surface area (Å²) in [5, 5.41) is 4.08. The molecule has 4 aromatic rings. The Morgan fingerprint density at radius 1 is 0.794 bits per heavy atom. The lowest BCUT2D eigenvalue weighted by Gasteiger charge is -2.18. The summed E-state index contributed by atoms with van der Waals surface area (Å²) < 4.78 is 37.7. The van der Waals surface area contributed by atoms with Crippen molar-refractivity contribution < 1.29 is 13.5 Å². The molecule has 0 aliphatic carbocycles. The molecule has 0 N–H and O–H groups in total. The Morgan fingerprint density at radius 2 is 1.41 bits per heavy atom. The molecule has 0 amide bonds. The van der Waals surface area contributed by atoms with Crippen molar-refractivity contribution in [3.05, 3.63) is 113 Å². The van der Waals surface area contributed by atoms with E-state index in [0.717, 1.165) is 20.2 Å². The summed E-state index contributed by atoms with van der Waals surface area (Å²) in [5.74, 6) is 0.0784. The van der Waals surface area contributed by atoms with Gasteiger partial charge in [-0.3, -0.25) is 0 Å². The summed E-state index contributed by atoms with van der Waals surface area (Å²) in [6.07, 6.45) is 0.536. The highest BCUT2D eigenvalue weighted by Gasteiger charge is 2.18. The van der Waals surface area contributed by atoms with Crippen LogP contribution in [0.5, 0.6) is 0 Å². The Labute approximate surface area is 215 Å². The van der Waals surface area contributed by atoms with Crippen molar-refractivity contribution in [2.45, 2.75) is 32.3 Å². The second kappa shape index (κ2) is 13.0. The van der Waals surface area contributed by atoms with Gasteiger partial charge in [-0.15, -0.1) is 23.5 Å². The number of ether oxygens (including phenoxy) is 1. The predicted molar refractivity (Wildman–Crippen MR) is 142 cm³/mol. The van der Waals surface area contributed by atoms with E-state index in [1.54, 1.807) is 59.1 Å². The highest BCUT2D eigenvalue weighted by Crippen LogP contribution is 2.38. The van der Waals surface area contributed by atoms with E-state index < -0.39 is 0 Å². The molecule has 0 radical (unpaired) electrons. The number of hydrogen-bond donors (Lipinski definition) is 0. The van der Waals surface area contributed by atoms with Crippen molar-refractivity contribution in [2.24, 2.45) is 4.40 Å². The molecule has 3 aromatic carbocycles. The number of thiophene rings is 1. The number of benzene rings is 3. The van der Waals surface area contributed by atoms with Crippen molar-refractivity contribution in [3.8, 4) is 0 Å². The van der Waals surface area contributed by atoms with Gasteiger partial charge in [0.25, 0.3) is 0 Å². The van der Waals surface area contributed by atoms with Crippen LogP contribution in [0, 0.1) is 11.6 Å². The van der Waals surface area contributed by atoms with Gasteiger partial charge in [0.05, 0.1) is 4.58 Å². The lowest BCUT2D eigenvalue weighted by Crippen LogP contribution is -2.11. The lowest BCUT2D eigenvalue weighted by molar-refractivity contribution is 0.286. The first kappa shape index (κ1) is 24.9. The molecule has 0 aliphatic heterocycles. The first-order valence-electron chi connectivity index (χ1n) is 10.4. The molecule has 1 heterocycles. The molecule has 0 unspecified atom stereocenters. The molecule has 34 heavy (non-hydrogen) atoms. The minimum absolute atomic E-state index is 0.0199. The highest BCUT2D eigenvalue weighted by molar-refractivity contribution is 8.17. The Hall–Kier alpha value is -2.26. The van der Waals surface area contributed by atoms with Crippen LogP contribution in [0.3, 0.4) is 0 Å². The fourth-order valence-corrected chi connectivity index (χ4v) is 6.60. The van der Waals surface area contributed by atoms with Gasteiger partial charge >= 0.3 is 0 Å². The van der Waals surface area contributed by atoms with Crippen molar-refractivity contribution in [1.82, 2.24) is 0 Å². The normalized spacial score (nSPS) is 11.7. The second-order valence-corrected chi connectivity index (χ2v) is 11.6. The predicted octanol–water partition coefficient (Wildman–Crippen LogP) is 8.95. The van der Waals surface area contributed by atoms with Crippen LogP contribution in [0.15, 0.2) is 115 Å². The van der Waals surface area contributed by atoms with Crippen LogP contribution < -0.4 is 0 Å². The van der Waals surface area contributed by atoms with E-state index in [0.29, 0.717) is 18.9 Å². The number of halogens is 2. The smallest absolute Gasteiger partial charge is 0.197 e. The van der Waals surface area contributed by atoms with E-state index in [2.05, 4.69) is 5.38 Å². The standard InChI is InChI=1S/C26H21F2NOS4/c27-20-6-10-22(11-7-20)32-26(33-23-12-8-21(28)9-13-23)16-25(30-17-19-14-15-31-18-19)29-34-24-4-2-1-3-5-24/h1-15,18,26H,16-17H2. The third kappa shape index (κ3) is 8.20. The van der Waals surface area contributed by atoms with Gasteiger partial charge in [0.15, 0.2) is 5.90 Å². The number of nitrogens with zero attached hydrogens (tertiary/aromatic N) is 1. The van der Waals surface area contributed by atoms with Crippen LogP contribution in [0.25, 0.3) is 0 Å². The van der Waals surface area contributed by atoms with Gasteiger partial charge in [-0.05, 0) is 83.1 Å². The van der Waals surface area contributed by atoms with Crippen LogP contribution in [-0.2, 0) is 11.3 Å². The van der Waals surface area contributed by atoms with Crippen molar-refractivity contribution >= 4 is 52.7 Å². The first-order chi connectivity index (χ1) is 16.6. The largest absolute Gasteiger partial charge is 0.475 e. The minimum atomic E-state index is -0.271. The summed E-state index contributed by atoms with van der Waals surface area (Å²) in [6, 6.07) is 24.8. The van der Waals surface area contributed by atoms with Crippen molar-refractivity contribution in [3.63, 3.8) is 0 Å². The Balaban J connectivity index is 1.54. The van der Waals surface area contributed by atoms with Gasteiger partial charge in [-0.25, -0.2) is 8.78 Å². The van der Waals surface area contributed by atoms with Crippen LogP contribution in [-0.4, -0.2) is 10.5 Å². The van der Waals surface area contributed by atoms with Crippen LogP contribution in [0.4, 0.5) is 8.78 Å². The zero-order valence-electron chi connectivity index (χ0n) is 18.0. The van der Waals surface area contributed by atoms with E-state index in [1.165, 1.54) is 36.2 Å². The molecule has 1 aromatic heterocycles. The minimum Gasteiger partial charge on any atom is -0.475 e. The monoisotopic (exact) mass is 529 g/mol. The molecule has 0 saturated carbocycles. The second-order valence-electron chi connectivity index (χ2n) is 7.09. The molecule has 174 valence electrons. The molecule has 4 rings (SSSR count). The van der Waals surface area contributed by atoms with Crippen molar-refractivity contribution in [1.29, 1.82) is 0 Å². The van der Waals surface area contributed by atoms with E-state index in [-0.39, 0.29) is 16.2 Å². The molecule has 0 spiro atoms. The zero-order valence-corrected chi connectivity index (χ0v) is 21.2. The van der Waals surface area contributed by atoms with Crippen LogP contribution >= 0.6 is 46.8 Å². The third-order valence-electron chi connectivity index (χ3n) is 4.49. The SMILES string of the molecule is Fc1ccc(SC(CC(=NSc2ccccc2)OCc2ccsc2)Sc2ccc(F)cc2)cc1. The van der Waals surface area contributed by atoms with E-state index >= 15 is 0 Å². The summed E-state index contributed by atoms with van der Waals surface area (Å²) in [7, 11) is 0. The first-order valence-corrected chi connectivity index (χ1v) is 13.9. The van der Waals surface area contributed by atoms with Crippen molar-refractivity contribution in [2.75, 3.05) is 0 Å². The van der Waals surface area contributed by atoms with Gasteiger partial charge in [0.1, 0.15) is 18.2 Å². The maximum atomic E-state index is 13.4. The van der Waals surface area contributed by atoms with Gasteiger partial charge in [-0.2, -0.15) is 15.7 Å². The molecular formula is C26H21F2NOS4. The summed E-state index contributed by atoms with van der Waals surface area (Å²) in [4.78, 5) is 2.90. The highest BCUT2D eigenvalue weighted by atomic mass is 32.2. The average molecular weight is 530 g/mol. The van der Waals surface area contributed by atoms with E-state index in [1.807, 2.05) is 41.8 Å². The number of rotatable bonds is 10. The summed E-state index contributed by atoms with van der Waals surface area (Å²) in [5.41, 5.74) is 1.09. The zero-order chi connectivity index (χ0) is 23.6. The maximum absolute atomic E-state index is 13.4. The van der Waals surface area contributed by atoms with Gasteiger partial charge in [0, 0.05) is 33.1 Å². The van der Waals surface area contributed by atoms with Gasteiger partial charge in [-0.1, -0.05) is 18.2 Å². The molecule has 8 heteroatoms. The van der Waals surface area contributed by atoms with Gasteiger partial charge < -0.3 is 4.74 Å². The average Bonchev–Trinajstić information content (AvgIpc) is 3.38. The van der Waals surface area contributed by atoms with E-state index in [4.69, 9.17) is 9.13 Å². The Bertz CT molecular complexity index is 1120. The molecule has 0 atom stereocenters. The maximum Gasteiger partial charge on any atom is 0.197 e. The summed E-state index contributed by atoms with van der Waals surface area (Å²) >= 11 is 6.21. The molecule has 0 aliphatic rings. The Morgan fingerprint density at radius 3 is 1.97 bits per heavy atom. The quantitative estimate of drug-likeness (QED) is 0.0672. The Kier molecular flexibility index (Phi) is 9.50. The molecule has 0 fully saturated rings. The molecule has 0 saturated heterocycles. The van der Waals surface area contributed by atoms with Crippen LogP contribution in [0.2, 0.25) is 0 Å². The summed E-state index contributed by atoms with van der Waals surface area (Å²) in [6.45, 7) is 0.437. The fraction of sp³-hybridized carbons (Fsp3) is 0.115. The lowest BCUT2D eigenvalue weighted by atomic mass is 10.3. The molecular weight excluding hydrogens is 509 g/mol. The molecule has 2 nitrogen and oxygen atoms in total. The fourth-order valence-electron chi connectivity index (χ4n) is 2.83. The van der Waals surface area contributed by atoms with E-state index in [9.17, 15) is 8.78 Å². The van der Waals surface area contributed by atoms with Gasteiger partial charge in [0.2, 0.25) is 0 Å². The van der Waals surface area contributed by atoms with Crippen LogP contribution in [0.1, 0.15) is 12.0 Å².